The molecule has 0 aliphatic rings. The molecule has 0 aliphatic carbocycles. The molecule has 118 valence electrons. The number of hydrogen-bond acceptors (Lipinski definition) is 4. The van der Waals surface area contributed by atoms with Gasteiger partial charge >= 0.3 is 0 Å². The van der Waals surface area contributed by atoms with Crippen molar-refractivity contribution in [3.8, 4) is 0 Å². The third-order valence-electron chi connectivity index (χ3n) is 2.99. The summed E-state index contributed by atoms with van der Waals surface area (Å²) in [5.41, 5.74) is 4.42. The molecule has 0 fully saturated rings. The first-order chi connectivity index (χ1) is 11.2. The normalized spacial score (nSPS) is 10.5. The fraction of sp³-hybridized carbons (Fsp3) is 0.176. The molecule has 6 nitrogen and oxygen atoms in total. The number of carbonyl (C=O) groups is 2. The molecule has 0 aliphatic heterocycles. The van der Waals surface area contributed by atoms with E-state index in [-0.39, 0.29) is 11.8 Å². The van der Waals surface area contributed by atoms with Crippen LogP contribution in [0.1, 0.15) is 35.7 Å². The Morgan fingerprint density at radius 1 is 1.13 bits per heavy atom. The van der Waals surface area contributed by atoms with Crippen molar-refractivity contribution >= 4 is 23.7 Å². The minimum Gasteiger partial charge on any atom is -0.326 e. The van der Waals surface area contributed by atoms with Crippen molar-refractivity contribution in [2.24, 2.45) is 5.10 Å². The van der Waals surface area contributed by atoms with Gasteiger partial charge in [-0.2, -0.15) is 5.10 Å². The van der Waals surface area contributed by atoms with Gasteiger partial charge in [0.2, 0.25) is 5.91 Å². The lowest BCUT2D eigenvalue weighted by Crippen LogP contribution is -2.17. The topological polar surface area (TPSA) is 83.5 Å². The molecule has 0 atom stereocenters. The fourth-order valence-corrected chi connectivity index (χ4v) is 1.83. The number of rotatable bonds is 6. The second-order valence-electron chi connectivity index (χ2n) is 4.86. The summed E-state index contributed by atoms with van der Waals surface area (Å²) in [6, 6.07) is 10.2. The smallest absolute Gasteiger partial charge is 0.271 e. The van der Waals surface area contributed by atoms with Gasteiger partial charge in [-0.1, -0.05) is 6.92 Å². The molecule has 1 aromatic heterocycles. The van der Waals surface area contributed by atoms with Crippen LogP contribution in [0, 0.1) is 0 Å². The highest BCUT2D eigenvalue weighted by Gasteiger charge is 2.05. The number of hydrogen-bond donors (Lipinski definition) is 2. The van der Waals surface area contributed by atoms with Crippen molar-refractivity contribution < 1.29 is 9.59 Å². The lowest BCUT2D eigenvalue weighted by Gasteiger charge is -2.05. The Morgan fingerprint density at radius 2 is 1.83 bits per heavy atom. The summed E-state index contributed by atoms with van der Waals surface area (Å²) in [6.07, 6.45) is 6.11. The van der Waals surface area contributed by atoms with Crippen LogP contribution in [0.25, 0.3) is 0 Å². The molecule has 0 saturated carbocycles. The van der Waals surface area contributed by atoms with Gasteiger partial charge in [-0.15, -0.1) is 0 Å². The lowest BCUT2D eigenvalue weighted by atomic mass is 10.2. The van der Waals surface area contributed by atoms with Gasteiger partial charge in [0, 0.05) is 30.1 Å². The molecule has 23 heavy (non-hydrogen) atoms. The van der Waals surface area contributed by atoms with E-state index in [0.717, 1.165) is 12.0 Å². The minimum absolute atomic E-state index is 0.0355. The average Bonchev–Trinajstić information content (AvgIpc) is 2.56. The molecule has 0 bridgehead atoms. The van der Waals surface area contributed by atoms with E-state index in [4.69, 9.17) is 0 Å². The number of anilines is 1. The van der Waals surface area contributed by atoms with E-state index in [1.54, 1.807) is 55.0 Å². The molecule has 0 spiro atoms. The molecular formula is C17H18N4O2. The van der Waals surface area contributed by atoms with Gasteiger partial charge in [0.05, 0.1) is 6.21 Å². The van der Waals surface area contributed by atoms with Crippen LogP contribution in [0.15, 0.2) is 53.9 Å². The minimum atomic E-state index is -0.318. The maximum absolute atomic E-state index is 11.9. The number of nitrogens with one attached hydrogen (secondary N) is 2. The lowest BCUT2D eigenvalue weighted by molar-refractivity contribution is -0.116. The molecule has 6 heteroatoms. The second kappa shape index (κ2) is 8.43. The first kappa shape index (κ1) is 16.4. The van der Waals surface area contributed by atoms with Crippen molar-refractivity contribution in [1.29, 1.82) is 0 Å². The van der Waals surface area contributed by atoms with E-state index in [1.165, 1.54) is 0 Å². The Kier molecular flexibility index (Phi) is 5.99. The van der Waals surface area contributed by atoms with E-state index in [0.29, 0.717) is 17.7 Å². The molecule has 0 radical (unpaired) electrons. The number of carbonyl (C=O) groups excluding carboxylic acids is 2. The van der Waals surface area contributed by atoms with Gasteiger partial charge in [-0.05, 0) is 48.4 Å². The number of hydrazone groups is 1. The number of aromatic nitrogens is 1. The van der Waals surface area contributed by atoms with Gasteiger partial charge in [0.15, 0.2) is 0 Å². The van der Waals surface area contributed by atoms with Crippen LogP contribution in [0.3, 0.4) is 0 Å². The quantitative estimate of drug-likeness (QED) is 0.635. The molecular weight excluding hydrogens is 292 g/mol. The van der Waals surface area contributed by atoms with Crippen molar-refractivity contribution in [3.63, 3.8) is 0 Å². The summed E-state index contributed by atoms with van der Waals surface area (Å²) in [6.45, 7) is 1.94. The van der Waals surface area contributed by atoms with Crippen LogP contribution in [-0.4, -0.2) is 23.0 Å². The zero-order valence-electron chi connectivity index (χ0n) is 12.8. The molecule has 0 saturated heterocycles. The summed E-state index contributed by atoms with van der Waals surface area (Å²) < 4.78 is 0. The first-order valence-electron chi connectivity index (χ1n) is 7.32. The van der Waals surface area contributed by atoms with E-state index < -0.39 is 0 Å². The second-order valence-corrected chi connectivity index (χ2v) is 4.86. The summed E-state index contributed by atoms with van der Waals surface area (Å²) in [7, 11) is 0. The Bertz CT molecular complexity index is 681. The maximum atomic E-state index is 11.9. The van der Waals surface area contributed by atoms with E-state index in [9.17, 15) is 9.59 Å². The van der Waals surface area contributed by atoms with Gasteiger partial charge in [-0.3, -0.25) is 14.6 Å². The summed E-state index contributed by atoms with van der Waals surface area (Å²) >= 11 is 0. The third-order valence-corrected chi connectivity index (χ3v) is 2.99. The summed E-state index contributed by atoms with van der Waals surface area (Å²) in [5.74, 6) is -0.353. The maximum Gasteiger partial charge on any atom is 0.271 e. The molecule has 2 rings (SSSR count). The van der Waals surface area contributed by atoms with Crippen molar-refractivity contribution in [1.82, 2.24) is 10.4 Å². The zero-order chi connectivity index (χ0) is 16.5. The van der Waals surface area contributed by atoms with E-state index in [1.807, 2.05) is 6.92 Å². The highest BCUT2D eigenvalue weighted by molar-refractivity contribution is 5.96. The zero-order valence-corrected chi connectivity index (χ0v) is 12.8. The Hall–Kier alpha value is -3.02. The number of amides is 2. The Balaban J connectivity index is 1.90. The van der Waals surface area contributed by atoms with Crippen LogP contribution in [0.2, 0.25) is 0 Å². The molecule has 1 heterocycles. The molecule has 2 amide bonds. The molecule has 0 unspecified atom stereocenters. The summed E-state index contributed by atoms with van der Waals surface area (Å²) in [5, 5.41) is 6.66. The van der Waals surface area contributed by atoms with Gasteiger partial charge in [-0.25, -0.2) is 5.43 Å². The molecule has 1 aromatic carbocycles. The van der Waals surface area contributed by atoms with Crippen LogP contribution in [0.4, 0.5) is 5.69 Å². The van der Waals surface area contributed by atoms with Crippen molar-refractivity contribution in [2.45, 2.75) is 19.8 Å². The molecule has 2 aromatic rings. The third kappa shape index (κ3) is 5.35. The monoisotopic (exact) mass is 310 g/mol. The standard InChI is InChI=1S/C17H18N4O2/c1-2-3-16(22)20-15-6-4-14(5-7-15)17(23)21-19-12-13-8-10-18-11-9-13/h4-12H,2-3H2,1H3,(H,20,22)(H,21,23). The fourth-order valence-electron chi connectivity index (χ4n) is 1.83. The Morgan fingerprint density at radius 3 is 2.48 bits per heavy atom. The molecule has 2 N–H and O–H groups in total. The van der Waals surface area contributed by atoms with Gasteiger partial charge < -0.3 is 5.32 Å². The summed E-state index contributed by atoms with van der Waals surface area (Å²) in [4.78, 5) is 27.3. The number of pyridine rings is 1. The SMILES string of the molecule is CCCC(=O)Nc1ccc(C(=O)NN=Cc2ccncc2)cc1. The van der Waals surface area contributed by atoms with Crippen LogP contribution in [0.5, 0.6) is 0 Å². The largest absolute Gasteiger partial charge is 0.326 e. The highest BCUT2D eigenvalue weighted by Crippen LogP contribution is 2.10. The first-order valence-corrected chi connectivity index (χ1v) is 7.32. The number of nitrogens with zero attached hydrogens (tertiary/aromatic N) is 2. The average molecular weight is 310 g/mol. The van der Waals surface area contributed by atoms with Gasteiger partial charge in [0.25, 0.3) is 5.91 Å². The highest BCUT2D eigenvalue weighted by atomic mass is 16.2. The predicted molar refractivity (Wildman–Crippen MR) is 89.3 cm³/mol. The van der Waals surface area contributed by atoms with Crippen LogP contribution in [-0.2, 0) is 4.79 Å². The number of benzene rings is 1. The van der Waals surface area contributed by atoms with E-state index in [2.05, 4.69) is 20.8 Å². The van der Waals surface area contributed by atoms with E-state index >= 15 is 0 Å². The van der Waals surface area contributed by atoms with Gasteiger partial charge in [0.1, 0.15) is 0 Å². The Labute approximate surface area is 134 Å². The van der Waals surface area contributed by atoms with Crippen molar-refractivity contribution in [3.05, 3.63) is 59.9 Å². The predicted octanol–water partition coefficient (Wildman–Crippen LogP) is 2.58. The van der Waals surface area contributed by atoms with Crippen LogP contribution < -0.4 is 10.7 Å². The van der Waals surface area contributed by atoms with Crippen molar-refractivity contribution in [2.75, 3.05) is 5.32 Å². The van der Waals surface area contributed by atoms with Crippen LogP contribution >= 0.6 is 0 Å².